The summed E-state index contributed by atoms with van der Waals surface area (Å²) in [6, 6.07) is 11.6. The van der Waals surface area contributed by atoms with Crippen molar-refractivity contribution in [3.63, 3.8) is 0 Å². The van der Waals surface area contributed by atoms with Gasteiger partial charge >= 0.3 is 20.7 Å². The summed E-state index contributed by atoms with van der Waals surface area (Å²) in [5, 5.41) is 6.86. The number of halogens is 4. The van der Waals surface area contributed by atoms with Crippen LogP contribution in [0.2, 0.25) is 5.02 Å². The van der Waals surface area contributed by atoms with Crippen LogP contribution in [0.15, 0.2) is 54.9 Å². The van der Waals surface area contributed by atoms with Crippen molar-refractivity contribution in [3.8, 4) is 11.6 Å². The summed E-state index contributed by atoms with van der Waals surface area (Å²) in [4.78, 5) is 23.8. The zero-order chi connectivity index (χ0) is 38.5. The predicted octanol–water partition coefficient (Wildman–Crippen LogP) is 9.36. The average Bonchev–Trinajstić information content (AvgIpc) is 3.71. The first-order valence-electron chi connectivity index (χ1n) is 17.4. The fourth-order valence-electron chi connectivity index (χ4n) is 5.18. The summed E-state index contributed by atoms with van der Waals surface area (Å²) in [6.45, 7) is 15.8. The molecule has 3 heterocycles. The van der Waals surface area contributed by atoms with E-state index >= 15 is 0 Å². The number of carbonyl (C=O) groups excluding carboxylic acids is 1. The number of ether oxygens (including phenoxy) is 3. The minimum atomic E-state index is -4.58. The molecule has 2 aliphatic heterocycles. The maximum Gasteiger partial charge on any atom is 0.416 e. The average molecular weight is 772 g/mol. The van der Waals surface area contributed by atoms with E-state index in [9.17, 15) is 18.0 Å². The number of alkyl halides is 3. The van der Waals surface area contributed by atoms with Crippen LogP contribution in [-0.4, -0.2) is 53.7 Å². The topological polar surface area (TPSA) is 116 Å². The third-order valence-corrected chi connectivity index (χ3v) is 9.23. The third-order valence-electron chi connectivity index (χ3n) is 7.47. The summed E-state index contributed by atoms with van der Waals surface area (Å²) in [5.41, 5.74) is -1.71. The summed E-state index contributed by atoms with van der Waals surface area (Å²) in [7, 11) is -1.98. The van der Waals surface area contributed by atoms with Gasteiger partial charge in [-0.05, 0) is 57.5 Å². The summed E-state index contributed by atoms with van der Waals surface area (Å²) < 4.78 is 70.0. The number of hydrogen-bond acceptors (Lipinski definition) is 11. The van der Waals surface area contributed by atoms with E-state index in [4.69, 9.17) is 34.9 Å². The molecule has 1 aromatic heterocycles. The van der Waals surface area contributed by atoms with E-state index in [1.807, 2.05) is 25.7 Å². The Balaban J connectivity index is 0.00000139. The molecule has 0 aliphatic carbocycles. The van der Waals surface area contributed by atoms with Gasteiger partial charge in [0.05, 0.1) is 31.5 Å². The van der Waals surface area contributed by atoms with Gasteiger partial charge in [-0.25, -0.2) is 10.1 Å². The van der Waals surface area contributed by atoms with Gasteiger partial charge in [-0.1, -0.05) is 70.8 Å². The van der Waals surface area contributed by atoms with Gasteiger partial charge in [0, 0.05) is 16.5 Å². The number of anilines is 2. The highest BCUT2D eigenvalue weighted by molar-refractivity contribution is 7.45. The Labute approximate surface area is 310 Å². The maximum atomic E-state index is 13.5. The number of aromatic nitrogens is 2. The van der Waals surface area contributed by atoms with E-state index in [1.165, 1.54) is 44.8 Å². The van der Waals surface area contributed by atoms with E-state index in [1.54, 1.807) is 24.3 Å². The molecule has 0 radical (unpaired) electrons. The van der Waals surface area contributed by atoms with E-state index in [0.29, 0.717) is 47.9 Å². The molecule has 2 N–H and O–H groups in total. The van der Waals surface area contributed by atoms with Crippen molar-refractivity contribution in [1.82, 2.24) is 15.1 Å². The Bertz CT molecular complexity index is 1560. The molecule has 1 fully saturated rings. The molecule has 4 atom stereocenters. The van der Waals surface area contributed by atoms with Crippen LogP contribution >= 0.6 is 20.1 Å². The Kier molecular flexibility index (Phi) is 16.7. The lowest BCUT2D eigenvalue weighted by Crippen LogP contribution is -2.46. The number of nitrogens with one attached hydrogen (secondary N) is 2. The number of hydrogen-bond donors (Lipinski definition) is 2. The van der Waals surface area contributed by atoms with Crippen molar-refractivity contribution in [2.45, 2.75) is 98.9 Å². The Morgan fingerprint density at radius 3 is 2.42 bits per heavy atom. The molecule has 4 unspecified atom stereocenters. The molecule has 2 aliphatic rings. The fraction of sp³-hybridized carbons (Fsp3) is 0.528. The molecule has 5 rings (SSSR count). The van der Waals surface area contributed by atoms with Gasteiger partial charge < -0.3 is 33.5 Å². The second-order valence-corrected chi connectivity index (χ2v) is 13.9. The lowest BCUT2D eigenvalue weighted by Gasteiger charge is -2.30. The van der Waals surface area contributed by atoms with Crippen LogP contribution in [0.25, 0.3) is 0 Å². The summed E-state index contributed by atoms with van der Waals surface area (Å²) in [6.07, 6.45) is -1.82. The summed E-state index contributed by atoms with van der Waals surface area (Å²) >= 11 is 6.04. The first-order valence-corrected chi connectivity index (χ1v) is 18.9. The number of fused-ring (bicyclic) bond motifs is 1. The summed E-state index contributed by atoms with van der Waals surface area (Å²) in [5.74, 6) is 0.926. The second kappa shape index (κ2) is 20.1. The number of rotatable bonds is 13. The van der Waals surface area contributed by atoms with Gasteiger partial charge in [0.15, 0.2) is 5.82 Å². The molecular weight excluding hydrogens is 722 g/mol. The van der Waals surface area contributed by atoms with Gasteiger partial charge in [-0.3, -0.25) is 4.79 Å². The SMILES string of the molecule is CC.CCC.CCOc1ncnc2c1NCN2C1OC(COP(NC(C)(C)C(=O)OCc2ccccc2C(F)(F)F)Oc2ccc(Cl)cc2)CC1C. The first-order chi connectivity index (χ1) is 24.8. The fourth-order valence-corrected chi connectivity index (χ4v) is 6.63. The highest BCUT2D eigenvalue weighted by atomic mass is 35.5. The number of nitrogens with zero attached hydrogens (tertiary/aromatic N) is 3. The Hall–Kier alpha value is -3.42. The molecule has 0 spiro atoms. The van der Waals surface area contributed by atoms with Crippen LogP contribution in [0.3, 0.4) is 0 Å². The predicted molar refractivity (Wildman–Crippen MR) is 197 cm³/mol. The van der Waals surface area contributed by atoms with Crippen molar-refractivity contribution in [1.29, 1.82) is 0 Å². The number of benzene rings is 2. The van der Waals surface area contributed by atoms with Crippen LogP contribution in [-0.2, 0) is 31.6 Å². The van der Waals surface area contributed by atoms with Gasteiger partial charge in [-0.15, -0.1) is 0 Å². The highest BCUT2D eigenvalue weighted by Gasteiger charge is 2.42. The van der Waals surface area contributed by atoms with Crippen LogP contribution in [0.1, 0.15) is 79.4 Å². The second-order valence-electron chi connectivity index (χ2n) is 12.2. The van der Waals surface area contributed by atoms with Crippen LogP contribution in [0.5, 0.6) is 11.6 Å². The van der Waals surface area contributed by atoms with Gasteiger partial charge in [0.2, 0.25) is 5.88 Å². The molecule has 1 saturated heterocycles. The van der Waals surface area contributed by atoms with E-state index in [-0.39, 0.29) is 30.4 Å². The van der Waals surface area contributed by atoms with Crippen molar-refractivity contribution in [3.05, 3.63) is 71.0 Å². The number of carbonyl (C=O) groups is 1. The van der Waals surface area contributed by atoms with Gasteiger partial charge in [-0.2, -0.15) is 18.2 Å². The largest absolute Gasteiger partial charge is 0.476 e. The number of esters is 1. The lowest BCUT2D eigenvalue weighted by atomic mass is 10.1. The maximum absolute atomic E-state index is 13.5. The quantitative estimate of drug-likeness (QED) is 0.128. The van der Waals surface area contributed by atoms with Crippen molar-refractivity contribution in [2.75, 3.05) is 30.1 Å². The molecule has 16 heteroatoms. The molecular formula is C36H50ClF3N5O6P. The Morgan fingerprint density at radius 2 is 1.77 bits per heavy atom. The first kappa shape index (κ1) is 43.0. The van der Waals surface area contributed by atoms with Crippen molar-refractivity contribution >= 4 is 37.6 Å². The van der Waals surface area contributed by atoms with Crippen molar-refractivity contribution < 1.29 is 41.2 Å². The normalized spacial score (nSPS) is 18.5. The lowest BCUT2D eigenvalue weighted by molar-refractivity contribution is -0.152. The van der Waals surface area contributed by atoms with Crippen LogP contribution in [0, 0.1) is 5.92 Å². The highest BCUT2D eigenvalue weighted by Crippen LogP contribution is 2.43. The van der Waals surface area contributed by atoms with Gasteiger partial charge in [0.25, 0.3) is 0 Å². The van der Waals surface area contributed by atoms with Gasteiger partial charge in [0.1, 0.15) is 36.1 Å². The van der Waals surface area contributed by atoms with Crippen LogP contribution < -0.4 is 24.6 Å². The minimum absolute atomic E-state index is 0.115. The molecule has 0 amide bonds. The van der Waals surface area contributed by atoms with E-state index in [0.717, 1.165) is 6.07 Å². The van der Waals surface area contributed by atoms with Crippen LogP contribution in [0.4, 0.5) is 24.7 Å². The zero-order valence-corrected chi connectivity index (χ0v) is 32.6. The van der Waals surface area contributed by atoms with E-state index < -0.39 is 38.4 Å². The molecule has 2 aromatic carbocycles. The smallest absolute Gasteiger partial charge is 0.416 e. The molecule has 0 saturated carbocycles. The van der Waals surface area contributed by atoms with E-state index in [2.05, 4.69) is 41.1 Å². The minimum Gasteiger partial charge on any atom is -0.476 e. The molecule has 11 nitrogen and oxygen atoms in total. The molecule has 288 valence electrons. The third kappa shape index (κ3) is 11.8. The zero-order valence-electron chi connectivity index (χ0n) is 30.9. The standard InChI is InChI=1S/C31H36ClF3N5O6P.C3H8.C2H6/c1-5-42-27-25-26(36-17-37-27)40(18-38-25)28-19(2)14-23(45-28)16-44-47(46-22-12-10-21(32)11-13-22)39-30(3,4)29(41)43-15-20-8-6-7-9-24(20)31(33,34)35;1-3-2;1-2/h6-13,17,19,23,28,38-39H,5,14-16,18H2,1-4H3;3H2,1-2H3;1-2H3. The van der Waals surface area contributed by atoms with Crippen molar-refractivity contribution in [2.24, 2.45) is 5.92 Å². The molecule has 3 aromatic rings. The Morgan fingerprint density at radius 1 is 1.10 bits per heavy atom. The monoisotopic (exact) mass is 771 g/mol. The molecule has 52 heavy (non-hydrogen) atoms. The molecule has 0 bridgehead atoms.